The maximum Gasteiger partial charge on any atom is 0.0627 e. The summed E-state index contributed by atoms with van der Waals surface area (Å²) < 4.78 is 0. The molecule has 88 valence electrons. The second-order valence-corrected chi connectivity index (χ2v) is 3.21. The Morgan fingerprint density at radius 1 is 0.786 bits per heavy atom. The molecule has 5 heteroatoms. The van der Waals surface area contributed by atoms with Crippen LogP contribution in [0.25, 0.3) is 0 Å². The minimum atomic E-state index is -1.11. The van der Waals surface area contributed by atoms with Gasteiger partial charge in [0.2, 0.25) is 0 Å². The van der Waals surface area contributed by atoms with E-state index in [1.807, 2.05) is 0 Å². The molecule has 0 aliphatic carbocycles. The molecule has 0 amide bonds. The molecule has 14 heavy (non-hydrogen) atoms. The van der Waals surface area contributed by atoms with Crippen molar-refractivity contribution in [1.82, 2.24) is 0 Å². The number of aliphatic hydroxyl groups is 5. The standard InChI is InChI=1S/C5H12O4.C4H10O/c6-1-5(2-7,3-8)4-9;1-2-3-4-5/h6-9H,1-4H2;5H,2-4H2,1H3. The van der Waals surface area contributed by atoms with E-state index in [1.54, 1.807) is 0 Å². The highest BCUT2D eigenvalue weighted by Crippen LogP contribution is 2.11. The fourth-order valence-corrected chi connectivity index (χ4v) is 0.458. The van der Waals surface area contributed by atoms with Gasteiger partial charge in [-0.25, -0.2) is 0 Å². The lowest BCUT2D eigenvalue weighted by molar-refractivity contribution is -0.0328. The molecule has 0 fully saturated rings. The quantitative estimate of drug-likeness (QED) is 0.376. The van der Waals surface area contributed by atoms with Crippen molar-refractivity contribution in [2.75, 3.05) is 33.0 Å². The zero-order valence-corrected chi connectivity index (χ0v) is 8.69. The van der Waals surface area contributed by atoms with Gasteiger partial charge in [0.05, 0.1) is 31.8 Å². The Kier molecular flexibility index (Phi) is 12.6. The molecule has 0 saturated carbocycles. The lowest BCUT2D eigenvalue weighted by Crippen LogP contribution is -2.37. The van der Waals surface area contributed by atoms with Crippen molar-refractivity contribution < 1.29 is 25.5 Å². The lowest BCUT2D eigenvalue weighted by Gasteiger charge is -2.23. The average Bonchev–Trinajstić information content (AvgIpc) is 2.24. The van der Waals surface area contributed by atoms with Crippen molar-refractivity contribution in [2.24, 2.45) is 5.41 Å². The molecule has 0 aromatic heterocycles. The second kappa shape index (κ2) is 10.9. The van der Waals surface area contributed by atoms with Gasteiger partial charge in [-0.1, -0.05) is 13.3 Å². The third-order valence-corrected chi connectivity index (χ3v) is 1.85. The van der Waals surface area contributed by atoms with Crippen LogP contribution in [-0.2, 0) is 0 Å². The van der Waals surface area contributed by atoms with Gasteiger partial charge in [-0.15, -0.1) is 0 Å². The maximum atomic E-state index is 8.50. The number of unbranched alkanes of at least 4 members (excludes halogenated alkanes) is 1. The van der Waals surface area contributed by atoms with Crippen LogP contribution in [0.3, 0.4) is 0 Å². The van der Waals surface area contributed by atoms with Crippen LogP contribution >= 0.6 is 0 Å². The van der Waals surface area contributed by atoms with E-state index in [-0.39, 0.29) is 0 Å². The van der Waals surface area contributed by atoms with Crippen molar-refractivity contribution in [1.29, 1.82) is 0 Å². The van der Waals surface area contributed by atoms with Gasteiger partial charge in [0.1, 0.15) is 0 Å². The van der Waals surface area contributed by atoms with Gasteiger partial charge in [0.25, 0.3) is 0 Å². The van der Waals surface area contributed by atoms with Crippen molar-refractivity contribution in [3.63, 3.8) is 0 Å². The SMILES string of the molecule is CCCCO.OCC(CO)(CO)CO. The Bertz CT molecular complexity index is 83.9. The van der Waals surface area contributed by atoms with Crippen LogP contribution in [0.15, 0.2) is 0 Å². The largest absolute Gasteiger partial charge is 0.396 e. The molecule has 0 heterocycles. The Balaban J connectivity index is 0. The third kappa shape index (κ3) is 7.23. The van der Waals surface area contributed by atoms with Gasteiger partial charge in [-0.3, -0.25) is 0 Å². The number of hydrogen-bond acceptors (Lipinski definition) is 5. The number of rotatable bonds is 6. The van der Waals surface area contributed by atoms with Gasteiger partial charge in [-0.05, 0) is 6.42 Å². The summed E-state index contributed by atoms with van der Waals surface area (Å²) in [5.41, 5.74) is -1.11. The summed E-state index contributed by atoms with van der Waals surface area (Å²) in [4.78, 5) is 0. The monoisotopic (exact) mass is 210 g/mol. The Morgan fingerprint density at radius 3 is 1.14 bits per heavy atom. The topological polar surface area (TPSA) is 101 Å². The predicted octanol–water partition coefficient (Wildman–Crippen LogP) is -1.28. The van der Waals surface area contributed by atoms with Crippen LogP contribution in [0, 0.1) is 5.41 Å². The van der Waals surface area contributed by atoms with E-state index in [9.17, 15) is 0 Å². The van der Waals surface area contributed by atoms with E-state index in [1.165, 1.54) is 0 Å². The van der Waals surface area contributed by atoms with E-state index in [0.717, 1.165) is 12.8 Å². The fourth-order valence-electron chi connectivity index (χ4n) is 0.458. The van der Waals surface area contributed by atoms with Gasteiger partial charge in [-0.2, -0.15) is 0 Å². The van der Waals surface area contributed by atoms with Gasteiger partial charge < -0.3 is 25.5 Å². The van der Waals surface area contributed by atoms with E-state index >= 15 is 0 Å². The van der Waals surface area contributed by atoms with Crippen molar-refractivity contribution >= 4 is 0 Å². The average molecular weight is 210 g/mol. The molecule has 0 aliphatic rings. The summed E-state index contributed by atoms with van der Waals surface area (Å²) in [5, 5.41) is 42.1. The summed E-state index contributed by atoms with van der Waals surface area (Å²) in [5.74, 6) is 0. The molecule has 0 aliphatic heterocycles. The highest BCUT2D eigenvalue weighted by molar-refractivity contribution is 4.74. The van der Waals surface area contributed by atoms with E-state index in [0.29, 0.717) is 6.61 Å². The van der Waals surface area contributed by atoms with Crippen molar-refractivity contribution in [3.05, 3.63) is 0 Å². The van der Waals surface area contributed by atoms with Crippen LogP contribution in [0.5, 0.6) is 0 Å². The fraction of sp³-hybridized carbons (Fsp3) is 1.00. The molecule has 0 unspecified atom stereocenters. The molecular formula is C9H22O5. The van der Waals surface area contributed by atoms with Gasteiger partial charge in [0.15, 0.2) is 0 Å². The molecule has 0 spiro atoms. The molecule has 5 nitrogen and oxygen atoms in total. The van der Waals surface area contributed by atoms with Gasteiger partial charge in [0, 0.05) is 6.61 Å². The molecule has 0 atom stereocenters. The van der Waals surface area contributed by atoms with Crippen LogP contribution in [0.4, 0.5) is 0 Å². The first-order valence-electron chi connectivity index (χ1n) is 4.70. The highest BCUT2D eigenvalue weighted by Gasteiger charge is 2.26. The normalized spacial score (nSPS) is 10.7. The maximum absolute atomic E-state index is 8.50. The molecule has 5 N–H and O–H groups in total. The van der Waals surface area contributed by atoms with Crippen LogP contribution in [-0.4, -0.2) is 58.6 Å². The van der Waals surface area contributed by atoms with Gasteiger partial charge >= 0.3 is 0 Å². The predicted molar refractivity (Wildman–Crippen MR) is 52.8 cm³/mol. The third-order valence-electron chi connectivity index (χ3n) is 1.85. The van der Waals surface area contributed by atoms with Crippen LogP contribution in [0.1, 0.15) is 19.8 Å². The van der Waals surface area contributed by atoms with Crippen molar-refractivity contribution in [3.8, 4) is 0 Å². The Hall–Kier alpha value is -0.200. The second-order valence-electron chi connectivity index (χ2n) is 3.21. The zero-order valence-electron chi connectivity index (χ0n) is 8.69. The first kappa shape index (κ1) is 16.2. The molecule has 0 radical (unpaired) electrons. The summed E-state index contributed by atoms with van der Waals surface area (Å²) in [6, 6.07) is 0. The minimum Gasteiger partial charge on any atom is -0.396 e. The Labute approximate surface area is 84.6 Å². The molecule has 0 aromatic rings. The lowest BCUT2D eigenvalue weighted by atomic mass is 9.93. The smallest absolute Gasteiger partial charge is 0.0627 e. The summed E-state index contributed by atoms with van der Waals surface area (Å²) >= 11 is 0. The highest BCUT2D eigenvalue weighted by atomic mass is 16.3. The van der Waals surface area contributed by atoms with E-state index in [2.05, 4.69) is 6.92 Å². The van der Waals surface area contributed by atoms with E-state index in [4.69, 9.17) is 25.5 Å². The number of aliphatic hydroxyl groups excluding tert-OH is 5. The molecule has 0 rings (SSSR count). The summed E-state index contributed by atoms with van der Waals surface area (Å²) in [6.45, 7) is 0.771. The molecular weight excluding hydrogens is 188 g/mol. The first-order valence-corrected chi connectivity index (χ1v) is 4.70. The van der Waals surface area contributed by atoms with E-state index < -0.39 is 31.8 Å². The minimum absolute atomic E-state index is 0.344. The molecule has 0 aromatic carbocycles. The van der Waals surface area contributed by atoms with Crippen LogP contribution < -0.4 is 0 Å². The molecule has 0 saturated heterocycles. The van der Waals surface area contributed by atoms with Crippen LogP contribution in [0.2, 0.25) is 0 Å². The Morgan fingerprint density at radius 2 is 1.14 bits per heavy atom. The molecule has 0 bridgehead atoms. The van der Waals surface area contributed by atoms with Crippen molar-refractivity contribution in [2.45, 2.75) is 19.8 Å². The zero-order chi connectivity index (χ0) is 11.4. The summed E-state index contributed by atoms with van der Waals surface area (Å²) in [7, 11) is 0. The first-order chi connectivity index (χ1) is 6.66. The number of hydrogen-bond donors (Lipinski definition) is 5. The summed E-state index contributed by atoms with van der Waals surface area (Å²) in [6.07, 6.45) is 2.04.